The van der Waals surface area contributed by atoms with Crippen LogP contribution in [-0.2, 0) is 27.6 Å². The van der Waals surface area contributed by atoms with Crippen molar-refractivity contribution in [2.24, 2.45) is 0 Å². The Morgan fingerprint density at radius 2 is 1.68 bits per heavy atom. The third-order valence-electron chi connectivity index (χ3n) is 5.58. The molecule has 0 radical (unpaired) electrons. The lowest BCUT2D eigenvalue weighted by Gasteiger charge is -2.15. The van der Waals surface area contributed by atoms with Crippen LogP contribution in [0.4, 0.5) is 5.69 Å². The van der Waals surface area contributed by atoms with Crippen LogP contribution >= 0.6 is 11.6 Å². The summed E-state index contributed by atoms with van der Waals surface area (Å²) < 4.78 is 28.1. The number of aromatic nitrogens is 1. The maximum Gasteiger partial charge on any atom is 0.244 e. The van der Waals surface area contributed by atoms with Crippen LogP contribution in [-0.4, -0.2) is 18.9 Å². The summed E-state index contributed by atoms with van der Waals surface area (Å²) in [6.45, 7) is 3.70. The topological polar surface area (TPSA) is 85.2 Å². The third-order valence-corrected chi connectivity index (χ3v) is 7.59. The van der Waals surface area contributed by atoms with Crippen molar-refractivity contribution in [3.8, 4) is 0 Å². The van der Waals surface area contributed by atoms with Gasteiger partial charge in [0.25, 0.3) is 0 Å². The lowest BCUT2D eigenvalue weighted by molar-refractivity contribution is -0.116. The molecule has 3 aromatic carbocycles. The predicted molar refractivity (Wildman–Crippen MR) is 134 cm³/mol. The monoisotopic (exact) mass is 494 g/mol. The number of rotatable bonds is 6. The summed E-state index contributed by atoms with van der Waals surface area (Å²) in [6.07, 6.45) is 2.13. The van der Waals surface area contributed by atoms with E-state index in [4.69, 9.17) is 11.6 Å². The SMILES string of the molecule is CCc1ccc(NC(=O)Cn2cc(S(=O)(=O)c3ccc(Cl)cc3)c(=O)c3cc(C)ccc32)cc1. The minimum Gasteiger partial charge on any atom is -0.336 e. The van der Waals surface area contributed by atoms with Gasteiger partial charge in [0.2, 0.25) is 21.2 Å². The second kappa shape index (κ2) is 9.44. The van der Waals surface area contributed by atoms with E-state index in [2.05, 4.69) is 5.32 Å². The van der Waals surface area contributed by atoms with Gasteiger partial charge in [0, 0.05) is 22.3 Å². The Labute approximate surface area is 202 Å². The molecule has 1 N–H and O–H groups in total. The van der Waals surface area contributed by atoms with Gasteiger partial charge in [0.15, 0.2) is 0 Å². The van der Waals surface area contributed by atoms with Gasteiger partial charge < -0.3 is 9.88 Å². The zero-order chi connectivity index (χ0) is 24.5. The van der Waals surface area contributed by atoms with Crippen LogP contribution in [0, 0.1) is 6.92 Å². The van der Waals surface area contributed by atoms with E-state index in [0.29, 0.717) is 16.2 Å². The third kappa shape index (κ3) is 4.76. The van der Waals surface area contributed by atoms with E-state index in [0.717, 1.165) is 17.5 Å². The number of carbonyl (C=O) groups excluding carboxylic acids is 1. The molecule has 174 valence electrons. The van der Waals surface area contributed by atoms with E-state index in [1.165, 1.54) is 35.0 Å². The molecule has 0 saturated heterocycles. The first-order valence-electron chi connectivity index (χ1n) is 10.7. The van der Waals surface area contributed by atoms with Gasteiger partial charge in [-0.05, 0) is 67.4 Å². The molecule has 1 heterocycles. The average Bonchev–Trinajstić information content (AvgIpc) is 2.81. The lowest BCUT2D eigenvalue weighted by atomic mass is 10.1. The maximum absolute atomic E-state index is 13.3. The summed E-state index contributed by atoms with van der Waals surface area (Å²) in [5, 5.41) is 3.44. The number of nitrogens with zero attached hydrogens (tertiary/aromatic N) is 1. The van der Waals surface area contributed by atoms with Crippen LogP contribution in [0.25, 0.3) is 10.9 Å². The van der Waals surface area contributed by atoms with Gasteiger partial charge in [-0.15, -0.1) is 0 Å². The van der Waals surface area contributed by atoms with E-state index in [-0.39, 0.29) is 22.7 Å². The zero-order valence-corrected chi connectivity index (χ0v) is 20.3. The molecule has 0 fully saturated rings. The first kappa shape index (κ1) is 23.7. The van der Waals surface area contributed by atoms with E-state index in [1.54, 1.807) is 12.1 Å². The number of anilines is 1. The number of fused-ring (bicyclic) bond motifs is 1. The Bertz CT molecular complexity index is 1540. The number of hydrogen-bond acceptors (Lipinski definition) is 4. The number of halogens is 1. The summed E-state index contributed by atoms with van der Waals surface area (Å²) in [7, 11) is -4.14. The average molecular weight is 495 g/mol. The molecule has 6 nitrogen and oxygen atoms in total. The summed E-state index contributed by atoms with van der Waals surface area (Å²) in [6, 6.07) is 18.3. The Hall–Kier alpha value is -3.42. The summed E-state index contributed by atoms with van der Waals surface area (Å²) in [5.41, 5.74) is 2.45. The van der Waals surface area contributed by atoms with Crippen LogP contribution in [0.1, 0.15) is 18.1 Å². The molecule has 0 saturated carbocycles. The molecule has 8 heteroatoms. The van der Waals surface area contributed by atoms with Crippen molar-refractivity contribution < 1.29 is 13.2 Å². The fraction of sp³-hybridized carbons (Fsp3) is 0.154. The van der Waals surface area contributed by atoms with Gasteiger partial charge in [0.1, 0.15) is 11.4 Å². The Morgan fingerprint density at radius 1 is 1.00 bits per heavy atom. The van der Waals surface area contributed by atoms with Crippen molar-refractivity contribution in [1.29, 1.82) is 0 Å². The number of carbonyl (C=O) groups is 1. The van der Waals surface area contributed by atoms with Crippen molar-refractivity contribution >= 4 is 43.9 Å². The molecule has 0 bridgehead atoms. The van der Waals surface area contributed by atoms with Gasteiger partial charge in [0.05, 0.1) is 10.4 Å². The molecule has 0 unspecified atom stereocenters. The van der Waals surface area contributed by atoms with Crippen LogP contribution in [0.15, 0.2) is 87.5 Å². The number of pyridine rings is 1. The maximum atomic E-state index is 13.3. The zero-order valence-electron chi connectivity index (χ0n) is 18.7. The van der Waals surface area contributed by atoms with Gasteiger partial charge in [-0.2, -0.15) is 0 Å². The van der Waals surface area contributed by atoms with Crippen molar-refractivity contribution in [1.82, 2.24) is 4.57 Å². The molecule has 34 heavy (non-hydrogen) atoms. The number of sulfone groups is 1. The molecule has 4 aromatic rings. The van der Waals surface area contributed by atoms with Crippen LogP contribution in [0.3, 0.4) is 0 Å². The highest BCUT2D eigenvalue weighted by atomic mass is 35.5. The van der Waals surface area contributed by atoms with Crippen LogP contribution in [0.2, 0.25) is 5.02 Å². The molecule has 0 aliphatic heterocycles. The van der Waals surface area contributed by atoms with E-state index in [1.807, 2.05) is 44.2 Å². The standard InChI is InChI=1S/C26H23ClN2O4S/c1-3-18-5-9-20(10-6-18)28-25(30)16-29-15-24(26(31)22-14-17(2)4-13-23(22)29)34(32,33)21-11-7-19(27)8-12-21/h4-15H,3,16H2,1-2H3,(H,28,30). The van der Waals surface area contributed by atoms with Crippen molar-refractivity contribution in [3.63, 3.8) is 0 Å². The highest BCUT2D eigenvalue weighted by Crippen LogP contribution is 2.23. The molecule has 4 rings (SSSR count). The molecule has 0 spiro atoms. The van der Waals surface area contributed by atoms with Crippen LogP contribution < -0.4 is 10.7 Å². The van der Waals surface area contributed by atoms with Gasteiger partial charge in [-0.1, -0.05) is 42.3 Å². The summed E-state index contributed by atoms with van der Waals surface area (Å²) in [5.74, 6) is -0.343. The van der Waals surface area contributed by atoms with Crippen molar-refractivity contribution in [2.75, 3.05) is 5.32 Å². The summed E-state index contributed by atoms with van der Waals surface area (Å²) in [4.78, 5) is 25.6. The molecule has 1 amide bonds. The Balaban J connectivity index is 1.78. The van der Waals surface area contributed by atoms with Crippen molar-refractivity contribution in [3.05, 3.63) is 99.3 Å². The first-order valence-corrected chi connectivity index (χ1v) is 12.6. The normalized spacial score (nSPS) is 11.5. The summed E-state index contributed by atoms with van der Waals surface area (Å²) >= 11 is 5.90. The number of hydrogen-bond donors (Lipinski definition) is 1. The minimum absolute atomic E-state index is 0.0481. The minimum atomic E-state index is -4.14. The molecular weight excluding hydrogens is 472 g/mol. The largest absolute Gasteiger partial charge is 0.336 e. The highest BCUT2D eigenvalue weighted by Gasteiger charge is 2.24. The second-order valence-corrected chi connectivity index (χ2v) is 10.4. The number of benzene rings is 3. The van der Waals surface area contributed by atoms with Gasteiger partial charge >= 0.3 is 0 Å². The fourth-order valence-corrected chi connectivity index (χ4v) is 5.22. The first-order chi connectivity index (χ1) is 16.2. The Morgan fingerprint density at radius 3 is 2.32 bits per heavy atom. The molecule has 1 aromatic heterocycles. The Kier molecular flexibility index (Phi) is 6.59. The smallest absolute Gasteiger partial charge is 0.244 e. The van der Waals surface area contributed by atoms with Gasteiger partial charge in [-0.3, -0.25) is 9.59 Å². The van der Waals surface area contributed by atoms with E-state index in [9.17, 15) is 18.0 Å². The molecular formula is C26H23ClN2O4S. The fourth-order valence-electron chi connectivity index (χ4n) is 3.73. The van der Waals surface area contributed by atoms with E-state index < -0.39 is 20.2 Å². The second-order valence-electron chi connectivity index (χ2n) is 8.03. The number of amides is 1. The molecule has 0 aliphatic rings. The quantitative estimate of drug-likeness (QED) is 0.409. The molecule has 0 aliphatic carbocycles. The van der Waals surface area contributed by atoms with Gasteiger partial charge in [-0.25, -0.2) is 8.42 Å². The highest BCUT2D eigenvalue weighted by molar-refractivity contribution is 7.91. The predicted octanol–water partition coefficient (Wildman–Crippen LogP) is 5.00. The lowest BCUT2D eigenvalue weighted by Crippen LogP contribution is -2.24. The van der Waals surface area contributed by atoms with E-state index >= 15 is 0 Å². The molecule has 0 atom stereocenters. The van der Waals surface area contributed by atoms with Crippen molar-refractivity contribution in [2.45, 2.75) is 36.6 Å². The van der Waals surface area contributed by atoms with Crippen LogP contribution in [0.5, 0.6) is 0 Å². The number of nitrogens with one attached hydrogen (secondary N) is 1. The number of aryl methyl sites for hydroxylation is 2.